The maximum absolute atomic E-state index is 3.52. The van der Waals surface area contributed by atoms with E-state index in [0.717, 1.165) is 0 Å². The zero-order chi connectivity index (χ0) is 8.65. The van der Waals surface area contributed by atoms with Crippen molar-refractivity contribution >= 4 is 27.3 Å². The zero-order valence-electron chi connectivity index (χ0n) is 7.36. The highest BCUT2D eigenvalue weighted by Gasteiger charge is 2.16. The maximum Gasteiger partial charge on any atom is 0.0314 e. The molecule has 0 N–H and O–H groups in total. The maximum atomic E-state index is 3.52. The van der Waals surface area contributed by atoms with Gasteiger partial charge in [-0.25, -0.2) is 0 Å². The molecule has 0 bridgehead atoms. The van der Waals surface area contributed by atoms with Crippen LogP contribution in [0.2, 0.25) is 0 Å². The predicted octanol–water partition coefficient (Wildman–Crippen LogP) is 4.12. The minimum Gasteiger partial charge on any atom is -0.144 e. The fourth-order valence-electron chi connectivity index (χ4n) is 0.829. The van der Waals surface area contributed by atoms with E-state index in [0.29, 0.717) is 5.41 Å². The fraction of sp³-hybridized carbons (Fsp3) is 0.556. The molecule has 0 saturated carbocycles. The molecule has 0 unspecified atom stereocenters. The number of thiophene rings is 1. The molecule has 0 aliphatic carbocycles. The van der Waals surface area contributed by atoms with E-state index in [1.165, 1.54) is 14.2 Å². The molecule has 0 spiro atoms. The smallest absolute Gasteiger partial charge is 0.0314 e. The van der Waals surface area contributed by atoms with Crippen LogP contribution >= 0.6 is 27.3 Å². The van der Waals surface area contributed by atoms with Crippen LogP contribution in [0.25, 0.3) is 0 Å². The molecule has 0 fully saturated rings. The van der Waals surface area contributed by atoms with Gasteiger partial charge in [-0.3, -0.25) is 0 Å². The van der Waals surface area contributed by atoms with E-state index < -0.39 is 0 Å². The van der Waals surface area contributed by atoms with Gasteiger partial charge in [0.2, 0.25) is 0 Å². The van der Waals surface area contributed by atoms with Crippen LogP contribution in [0.5, 0.6) is 0 Å². The van der Waals surface area contributed by atoms with Gasteiger partial charge in [-0.05, 0) is 34.3 Å². The molecule has 62 valence electrons. The highest BCUT2D eigenvalue weighted by atomic mass is 79.9. The normalized spacial score (nSPS) is 12.1. The van der Waals surface area contributed by atoms with Crippen molar-refractivity contribution in [2.75, 3.05) is 0 Å². The van der Waals surface area contributed by atoms with E-state index in [2.05, 4.69) is 49.7 Å². The molecule has 1 aromatic rings. The van der Waals surface area contributed by atoms with Crippen molar-refractivity contribution in [1.82, 2.24) is 0 Å². The molecule has 0 radical (unpaired) electrons. The summed E-state index contributed by atoms with van der Waals surface area (Å²) in [5.41, 5.74) is 0.293. The lowest BCUT2D eigenvalue weighted by molar-refractivity contribution is 0.604. The largest absolute Gasteiger partial charge is 0.144 e. The fourth-order valence-corrected chi connectivity index (χ4v) is 2.42. The van der Waals surface area contributed by atoms with Crippen molar-refractivity contribution in [2.45, 2.75) is 33.1 Å². The van der Waals surface area contributed by atoms with E-state index >= 15 is 0 Å². The molecule has 0 aliphatic rings. The number of rotatable bonds is 0. The Labute approximate surface area is 80.8 Å². The lowest BCUT2D eigenvalue weighted by Gasteiger charge is -2.14. The van der Waals surface area contributed by atoms with Crippen molar-refractivity contribution in [1.29, 1.82) is 0 Å². The third-order valence-corrected chi connectivity index (χ3v) is 4.16. The third-order valence-electron chi connectivity index (χ3n) is 1.60. The molecule has 0 atom stereocenters. The first kappa shape index (κ1) is 9.27. The first-order valence-electron chi connectivity index (χ1n) is 3.67. The zero-order valence-corrected chi connectivity index (χ0v) is 9.77. The molecule has 1 rings (SSSR count). The van der Waals surface area contributed by atoms with Gasteiger partial charge in [-0.2, -0.15) is 0 Å². The summed E-state index contributed by atoms with van der Waals surface area (Å²) in [5, 5.41) is 0. The number of hydrogen-bond acceptors (Lipinski definition) is 1. The highest BCUT2D eigenvalue weighted by Crippen LogP contribution is 2.34. The third kappa shape index (κ3) is 2.06. The second-order valence-corrected chi connectivity index (χ2v) is 5.88. The number of hydrogen-bond donors (Lipinski definition) is 0. The van der Waals surface area contributed by atoms with E-state index in [1.54, 1.807) is 0 Å². The van der Waals surface area contributed by atoms with Gasteiger partial charge >= 0.3 is 0 Å². The van der Waals surface area contributed by atoms with Gasteiger partial charge < -0.3 is 0 Å². The van der Waals surface area contributed by atoms with Gasteiger partial charge in [-0.15, -0.1) is 11.3 Å². The van der Waals surface area contributed by atoms with Crippen LogP contribution in [0, 0.1) is 6.92 Å². The second kappa shape index (κ2) is 2.91. The summed E-state index contributed by atoms with van der Waals surface area (Å²) in [4.78, 5) is 2.82. The van der Waals surface area contributed by atoms with Crippen LogP contribution in [0.3, 0.4) is 0 Å². The molecule has 0 nitrogen and oxygen atoms in total. The first-order valence-corrected chi connectivity index (χ1v) is 5.28. The highest BCUT2D eigenvalue weighted by molar-refractivity contribution is 9.10. The minimum atomic E-state index is 0.293. The Morgan fingerprint density at radius 3 is 2.09 bits per heavy atom. The molecule has 2 heteroatoms. The standard InChI is InChI=1S/C9H13BrS/c1-6-7(10)5-8(11-6)9(2,3)4/h5H,1-4H3. The van der Waals surface area contributed by atoms with Gasteiger partial charge in [-0.1, -0.05) is 20.8 Å². The Bertz CT molecular complexity index is 236. The Balaban J connectivity index is 3.08. The first-order chi connectivity index (χ1) is 4.91. The Hall–Kier alpha value is 0.180. The molecule has 0 saturated heterocycles. The SMILES string of the molecule is Cc1sc(C(C)(C)C)cc1Br. The van der Waals surface area contributed by atoms with E-state index in [9.17, 15) is 0 Å². The summed E-state index contributed by atoms with van der Waals surface area (Å²) in [5.74, 6) is 0. The van der Waals surface area contributed by atoms with Crippen molar-refractivity contribution in [3.63, 3.8) is 0 Å². The van der Waals surface area contributed by atoms with Gasteiger partial charge in [0.15, 0.2) is 0 Å². The Morgan fingerprint density at radius 2 is 1.91 bits per heavy atom. The van der Waals surface area contributed by atoms with Crippen molar-refractivity contribution in [3.8, 4) is 0 Å². The Morgan fingerprint density at radius 1 is 1.36 bits per heavy atom. The minimum absolute atomic E-state index is 0.293. The molecule has 1 aromatic heterocycles. The molecular weight excluding hydrogens is 220 g/mol. The monoisotopic (exact) mass is 232 g/mol. The summed E-state index contributed by atoms with van der Waals surface area (Å²) in [6.07, 6.45) is 0. The van der Waals surface area contributed by atoms with E-state index in [4.69, 9.17) is 0 Å². The van der Waals surface area contributed by atoms with Crippen LogP contribution in [-0.4, -0.2) is 0 Å². The van der Waals surface area contributed by atoms with Crippen LogP contribution in [0.4, 0.5) is 0 Å². The average Bonchev–Trinajstić information content (AvgIpc) is 2.11. The molecular formula is C9H13BrS. The molecule has 0 amide bonds. The summed E-state index contributed by atoms with van der Waals surface area (Å²) in [7, 11) is 0. The van der Waals surface area contributed by atoms with Gasteiger partial charge in [0.05, 0.1) is 0 Å². The van der Waals surface area contributed by atoms with Crippen LogP contribution < -0.4 is 0 Å². The summed E-state index contributed by atoms with van der Waals surface area (Å²) in [6, 6.07) is 2.22. The number of halogens is 1. The molecule has 0 aromatic carbocycles. The van der Waals surface area contributed by atoms with Crippen molar-refractivity contribution in [3.05, 3.63) is 20.3 Å². The summed E-state index contributed by atoms with van der Waals surface area (Å²) >= 11 is 5.39. The lowest BCUT2D eigenvalue weighted by atomic mass is 9.95. The second-order valence-electron chi connectivity index (χ2n) is 3.76. The molecule has 0 aliphatic heterocycles. The van der Waals surface area contributed by atoms with Crippen molar-refractivity contribution in [2.24, 2.45) is 0 Å². The van der Waals surface area contributed by atoms with Crippen LogP contribution in [0.1, 0.15) is 30.5 Å². The van der Waals surface area contributed by atoms with Crippen LogP contribution in [0.15, 0.2) is 10.5 Å². The van der Waals surface area contributed by atoms with E-state index in [1.807, 2.05) is 11.3 Å². The topological polar surface area (TPSA) is 0 Å². The van der Waals surface area contributed by atoms with E-state index in [-0.39, 0.29) is 0 Å². The summed E-state index contributed by atoms with van der Waals surface area (Å²) < 4.78 is 1.24. The summed E-state index contributed by atoms with van der Waals surface area (Å²) in [6.45, 7) is 8.87. The quantitative estimate of drug-likeness (QED) is 0.632. The lowest BCUT2D eigenvalue weighted by Crippen LogP contribution is -2.07. The molecule has 1 heterocycles. The van der Waals surface area contributed by atoms with Crippen LogP contribution in [-0.2, 0) is 5.41 Å². The van der Waals surface area contributed by atoms with Gasteiger partial charge in [0.1, 0.15) is 0 Å². The molecule has 11 heavy (non-hydrogen) atoms. The predicted molar refractivity (Wildman–Crippen MR) is 55.5 cm³/mol. The van der Waals surface area contributed by atoms with Gasteiger partial charge in [0, 0.05) is 14.2 Å². The number of aryl methyl sites for hydroxylation is 1. The Kier molecular flexibility index (Phi) is 2.45. The van der Waals surface area contributed by atoms with Crippen molar-refractivity contribution < 1.29 is 0 Å². The van der Waals surface area contributed by atoms with Gasteiger partial charge in [0.25, 0.3) is 0 Å². The average molecular weight is 233 g/mol.